The molecule has 1 aromatic heterocycles. The molecule has 26 heavy (non-hydrogen) atoms. The number of hydrogen-bond donors (Lipinski definition) is 3. The minimum atomic E-state index is -0.696. The molecule has 1 unspecified atom stereocenters. The van der Waals surface area contributed by atoms with Gasteiger partial charge in [-0.2, -0.15) is 0 Å². The van der Waals surface area contributed by atoms with Gasteiger partial charge in [-0.15, -0.1) is 11.3 Å². The van der Waals surface area contributed by atoms with Crippen molar-refractivity contribution in [2.75, 3.05) is 32.1 Å². The minimum absolute atomic E-state index is 0.223. The number of thiophene rings is 1. The summed E-state index contributed by atoms with van der Waals surface area (Å²) < 4.78 is 11.5. The molecule has 0 spiro atoms. The Morgan fingerprint density at radius 1 is 1.27 bits per heavy atom. The molecule has 0 fully saturated rings. The van der Waals surface area contributed by atoms with Crippen LogP contribution in [0.25, 0.3) is 0 Å². The summed E-state index contributed by atoms with van der Waals surface area (Å²) in [5.74, 6) is 1.90. The maximum Gasteiger partial charge on any atom is 0.195 e. The molecule has 0 aliphatic heterocycles. The van der Waals surface area contributed by atoms with Crippen molar-refractivity contribution in [2.24, 2.45) is 4.99 Å². The van der Waals surface area contributed by atoms with Gasteiger partial charge in [0.15, 0.2) is 17.5 Å². The van der Waals surface area contributed by atoms with E-state index < -0.39 is 6.10 Å². The van der Waals surface area contributed by atoms with Crippen LogP contribution >= 0.6 is 22.9 Å². The first-order valence-electron chi connectivity index (χ1n) is 8.36. The molecule has 1 atom stereocenters. The van der Waals surface area contributed by atoms with Crippen molar-refractivity contribution >= 4 is 34.6 Å². The summed E-state index contributed by atoms with van der Waals surface area (Å²) in [7, 11) is 1.60. The van der Waals surface area contributed by atoms with E-state index in [9.17, 15) is 5.11 Å². The Balaban J connectivity index is 2.09. The lowest BCUT2D eigenvalue weighted by Crippen LogP contribution is -2.31. The largest absolute Gasteiger partial charge is 0.493 e. The molecule has 0 saturated heterocycles. The number of hydrogen-bond acceptors (Lipinski definition) is 5. The number of benzene rings is 1. The van der Waals surface area contributed by atoms with Gasteiger partial charge in [-0.05, 0) is 38.1 Å². The molecule has 142 valence electrons. The van der Waals surface area contributed by atoms with Crippen molar-refractivity contribution in [3.63, 3.8) is 0 Å². The van der Waals surface area contributed by atoms with Crippen LogP contribution in [-0.2, 0) is 0 Å². The molecular weight excluding hydrogens is 374 g/mol. The number of aliphatic hydroxyl groups excluding tert-OH is 1. The first-order valence-corrected chi connectivity index (χ1v) is 9.56. The fourth-order valence-corrected chi connectivity index (χ4v) is 3.28. The van der Waals surface area contributed by atoms with Crippen molar-refractivity contribution < 1.29 is 14.6 Å². The molecule has 6 nitrogen and oxygen atoms in total. The number of anilines is 1. The van der Waals surface area contributed by atoms with Gasteiger partial charge in [0.1, 0.15) is 6.10 Å². The zero-order valence-corrected chi connectivity index (χ0v) is 16.7. The minimum Gasteiger partial charge on any atom is -0.493 e. The molecule has 2 aromatic rings. The summed E-state index contributed by atoms with van der Waals surface area (Å²) in [5.41, 5.74) is 0.804. The number of guanidine groups is 1. The summed E-state index contributed by atoms with van der Waals surface area (Å²) in [6.45, 7) is 5.39. The van der Waals surface area contributed by atoms with Crippen LogP contribution < -0.4 is 20.1 Å². The molecule has 8 heteroatoms. The monoisotopic (exact) mass is 397 g/mol. The van der Waals surface area contributed by atoms with Crippen molar-refractivity contribution in [1.82, 2.24) is 5.32 Å². The zero-order valence-electron chi connectivity index (χ0n) is 15.1. The highest BCUT2D eigenvalue weighted by atomic mass is 35.5. The molecule has 0 radical (unpaired) electrons. The number of nitrogens with zero attached hydrogens (tertiary/aromatic N) is 1. The maximum absolute atomic E-state index is 10.2. The molecule has 3 N–H and O–H groups in total. The van der Waals surface area contributed by atoms with Crippen LogP contribution in [0, 0.1) is 0 Å². The Bertz CT molecular complexity index is 736. The number of methoxy groups -OCH3 is 1. The first kappa shape index (κ1) is 20.4. The van der Waals surface area contributed by atoms with Crippen LogP contribution in [0.3, 0.4) is 0 Å². The van der Waals surface area contributed by atoms with Gasteiger partial charge in [-0.25, -0.2) is 4.99 Å². The molecule has 0 amide bonds. The van der Waals surface area contributed by atoms with Crippen LogP contribution in [0.2, 0.25) is 4.34 Å². The average molecular weight is 398 g/mol. The lowest BCUT2D eigenvalue weighted by molar-refractivity contribution is 0.191. The Morgan fingerprint density at radius 3 is 2.69 bits per heavy atom. The number of halogens is 1. The first-order chi connectivity index (χ1) is 12.6. The Hall–Kier alpha value is -1.96. The average Bonchev–Trinajstić information content (AvgIpc) is 3.07. The van der Waals surface area contributed by atoms with Crippen molar-refractivity contribution in [2.45, 2.75) is 20.0 Å². The van der Waals surface area contributed by atoms with E-state index in [1.54, 1.807) is 13.2 Å². The lowest BCUT2D eigenvalue weighted by Gasteiger charge is -2.15. The molecule has 2 rings (SSSR count). The number of nitrogens with one attached hydrogen (secondary N) is 2. The summed E-state index contributed by atoms with van der Waals surface area (Å²) in [6, 6.07) is 9.15. The van der Waals surface area contributed by atoms with Crippen molar-refractivity contribution in [3.05, 3.63) is 39.5 Å². The number of aliphatic hydroxyl groups is 1. The van der Waals surface area contributed by atoms with E-state index in [2.05, 4.69) is 15.6 Å². The maximum atomic E-state index is 10.2. The van der Waals surface area contributed by atoms with Crippen molar-refractivity contribution in [1.29, 1.82) is 0 Å². The Morgan fingerprint density at radius 2 is 2.08 bits per heavy atom. The topological polar surface area (TPSA) is 75.1 Å². The molecule has 0 saturated carbocycles. The van der Waals surface area contributed by atoms with Crippen LogP contribution in [0.1, 0.15) is 24.8 Å². The predicted octanol–water partition coefficient (Wildman–Crippen LogP) is 3.92. The van der Waals surface area contributed by atoms with Crippen LogP contribution in [0.5, 0.6) is 11.5 Å². The molecule has 1 aromatic carbocycles. The van der Waals surface area contributed by atoms with Gasteiger partial charge in [0.2, 0.25) is 0 Å². The van der Waals surface area contributed by atoms with E-state index in [0.717, 1.165) is 10.6 Å². The summed E-state index contributed by atoms with van der Waals surface area (Å²) >= 11 is 7.26. The molecule has 0 bridgehead atoms. The normalized spacial score (nSPS) is 12.6. The number of ether oxygens (including phenoxy) is 2. The molecular formula is C18H24ClN3O3S. The predicted molar refractivity (Wildman–Crippen MR) is 108 cm³/mol. The smallest absolute Gasteiger partial charge is 0.195 e. The quantitative estimate of drug-likeness (QED) is 0.465. The zero-order chi connectivity index (χ0) is 18.9. The van der Waals surface area contributed by atoms with E-state index in [1.165, 1.54) is 11.3 Å². The van der Waals surface area contributed by atoms with Gasteiger partial charge in [-0.3, -0.25) is 0 Å². The van der Waals surface area contributed by atoms with Crippen LogP contribution in [-0.4, -0.2) is 37.9 Å². The fourth-order valence-electron chi connectivity index (χ4n) is 2.24. The second kappa shape index (κ2) is 10.3. The lowest BCUT2D eigenvalue weighted by atomic mass is 10.2. The highest BCUT2D eigenvalue weighted by Crippen LogP contribution is 2.30. The van der Waals surface area contributed by atoms with Crippen LogP contribution in [0.4, 0.5) is 5.69 Å². The second-order valence-electron chi connectivity index (χ2n) is 5.30. The van der Waals surface area contributed by atoms with Gasteiger partial charge in [0.25, 0.3) is 0 Å². The van der Waals surface area contributed by atoms with E-state index in [-0.39, 0.29) is 6.54 Å². The van der Waals surface area contributed by atoms with E-state index >= 15 is 0 Å². The highest BCUT2D eigenvalue weighted by Gasteiger charge is 2.11. The third kappa shape index (κ3) is 5.79. The standard InChI is InChI=1S/C18H24ClN3O3S/c1-4-20-18(21-11-13(23)16-8-9-17(19)26-16)22-12-6-7-14(25-5-2)15(10-12)24-3/h6-10,13,23H,4-5,11H2,1-3H3,(H2,20,21,22). The number of rotatable bonds is 8. The molecule has 0 aliphatic carbocycles. The van der Waals surface area contributed by atoms with Gasteiger partial charge >= 0.3 is 0 Å². The Labute approximate surface area is 162 Å². The van der Waals surface area contributed by atoms with E-state index in [1.807, 2.05) is 38.1 Å². The van der Waals surface area contributed by atoms with Crippen LogP contribution in [0.15, 0.2) is 35.3 Å². The highest BCUT2D eigenvalue weighted by molar-refractivity contribution is 7.16. The van der Waals surface area contributed by atoms with Crippen molar-refractivity contribution in [3.8, 4) is 11.5 Å². The number of aliphatic imine (C=N–C) groups is 1. The Kier molecular flexibility index (Phi) is 8.03. The fraction of sp³-hybridized carbons (Fsp3) is 0.389. The van der Waals surface area contributed by atoms with Gasteiger partial charge < -0.3 is 25.2 Å². The SMILES string of the molecule is CCNC(=NCC(O)c1ccc(Cl)s1)Nc1ccc(OCC)c(OC)c1. The van der Waals surface area contributed by atoms with Gasteiger partial charge in [0.05, 0.1) is 24.6 Å². The third-order valence-corrected chi connectivity index (χ3v) is 4.75. The summed E-state index contributed by atoms with van der Waals surface area (Å²) in [6.07, 6.45) is -0.696. The molecule has 1 heterocycles. The third-order valence-electron chi connectivity index (χ3n) is 3.42. The van der Waals surface area contributed by atoms with E-state index in [4.69, 9.17) is 21.1 Å². The van der Waals surface area contributed by atoms with Gasteiger partial charge in [0, 0.05) is 23.2 Å². The second-order valence-corrected chi connectivity index (χ2v) is 7.05. The molecule has 0 aliphatic rings. The summed E-state index contributed by atoms with van der Waals surface area (Å²) in [5, 5.41) is 16.6. The van der Waals surface area contributed by atoms with E-state index in [0.29, 0.717) is 34.9 Å². The summed E-state index contributed by atoms with van der Waals surface area (Å²) in [4.78, 5) is 5.23. The van der Waals surface area contributed by atoms with Gasteiger partial charge in [-0.1, -0.05) is 11.6 Å².